The Morgan fingerprint density at radius 3 is 2.38 bits per heavy atom. The molecule has 1 heterocycles. The molecule has 0 aromatic heterocycles. The van der Waals surface area contributed by atoms with Gasteiger partial charge in [0.15, 0.2) is 0 Å². The predicted molar refractivity (Wildman–Crippen MR) is 37.3 cm³/mol. The van der Waals surface area contributed by atoms with Gasteiger partial charge in [-0.25, -0.2) is 0 Å². The van der Waals surface area contributed by atoms with Crippen molar-refractivity contribution in [1.29, 1.82) is 0 Å². The zero-order valence-corrected chi connectivity index (χ0v) is 6.70. The first kappa shape index (κ1) is 6.56. The van der Waals surface area contributed by atoms with Crippen molar-refractivity contribution >= 4 is 15.9 Å². The Morgan fingerprint density at radius 2 is 2.25 bits per heavy atom. The van der Waals surface area contributed by atoms with Gasteiger partial charge in [0.05, 0.1) is 13.2 Å². The molecule has 0 N–H and O–H groups in total. The van der Waals surface area contributed by atoms with Gasteiger partial charge in [0, 0.05) is 10.7 Å². The van der Waals surface area contributed by atoms with Crippen molar-refractivity contribution in [3.05, 3.63) is 0 Å². The molecule has 8 heavy (non-hydrogen) atoms. The first-order valence-corrected chi connectivity index (χ1v) is 4.03. The molecule has 1 rings (SSSR count). The van der Waals surface area contributed by atoms with Crippen molar-refractivity contribution in [2.75, 3.05) is 18.5 Å². The molecule has 0 saturated carbocycles. The van der Waals surface area contributed by atoms with E-state index in [2.05, 4.69) is 22.9 Å². The van der Waals surface area contributed by atoms with Crippen LogP contribution in [0.25, 0.3) is 0 Å². The summed E-state index contributed by atoms with van der Waals surface area (Å²) in [5.41, 5.74) is 0.503. The highest BCUT2D eigenvalue weighted by Crippen LogP contribution is 2.30. The Morgan fingerprint density at radius 1 is 1.62 bits per heavy atom. The van der Waals surface area contributed by atoms with Crippen LogP contribution in [0.4, 0.5) is 0 Å². The Hall–Kier alpha value is 0.440. The smallest absolute Gasteiger partial charge is 0.0542 e. The first-order valence-electron chi connectivity index (χ1n) is 2.91. The summed E-state index contributed by atoms with van der Waals surface area (Å²) in [6.45, 7) is 4.18. The molecule has 1 nitrogen and oxygen atoms in total. The van der Waals surface area contributed by atoms with Gasteiger partial charge in [0.2, 0.25) is 0 Å². The van der Waals surface area contributed by atoms with Crippen LogP contribution >= 0.6 is 15.9 Å². The zero-order chi connectivity index (χ0) is 6.04. The highest BCUT2D eigenvalue weighted by Gasteiger charge is 2.31. The summed E-state index contributed by atoms with van der Waals surface area (Å²) in [5, 5.41) is 1.10. The first-order chi connectivity index (χ1) is 3.77. The van der Waals surface area contributed by atoms with Gasteiger partial charge in [0.25, 0.3) is 0 Å². The fraction of sp³-hybridized carbons (Fsp3) is 1.00. The van der Waals surface area contributed by atoms with Gasteiger partial charge in [-0.15, -0.1) is 0 Å². The molecule has 0 spiro atoms. The normalized spacial score (nSPS) is 24.8. The van der Waals surface area contributed by atoms with Crippen molar-refractivity contribution in [3.63, 3.8) is 0 Å². The molecule has 0 unspecified atom stereocenters. The van der Waals surface area contributed by atoms with E-state index >= 15 is 0 Å². The number of hydrogen-bond donors (Lipinski definition) is 0. The minimum absolute atomic E-state index is 0.503. The van der Waals surface area contributed by atoms with Crippen LogP contribution in [0.2, 0.25) is 0 Å². The molecule has 2 heteroatoms. The van der Waals surface area contributed by atoms with Crippen molar-refractivity contribution in [3.8, 4) is 0 Å². The summed E-state index contributed by atoms with van der Waals surface area (Å²) in [6.07, 6.45) is 1.24. The summed E-state index contributed by atoms with van der Waals surface area (Å²) in [7, 11) is 0. The maximum absolute atomic E-state index is 5.07. The third-order valence-electron chi connectivity index (χ3n) is 1.60. The molecule has 0 amide bonds. The van der Waals surface area contributed by atoms with Gasteiger partial charge >= 0.3 is 0 Å². The van der Waals surface area contributed by atoms with Crippen LogP contribution in [0.5, 0.6) is 0 Å². The molecule has 1 aliphatic heterocycles. The van der Waals surface area contributed by atoms with Crippen molar-refractivity contribution < 1.29 is 4.74 Å². The largest absolute Gasteiger partial charge is 0.380 e. The van der Waals surface area contributed by atoms with Gasteiger partial charge in [0.1, 0.15) is 0 Å². The van der Waals surface area contributed by atoms with Gasteiger partial charge in [-0.1, -0.05) is 22.9 Å². The van der Waals surface area contributed by atoms with E-state index in [1.54, 1.807) is 0 Å². The van der Waals surface area contributed by atoms with E-state index in [1.807, 2.05) is 0 Å². The van der Waals surface area contributed by atoms with E-state index in [1.165, 1.54) is 6.42 Å². The van der Waals surface area contributed by atoms with Crippen LogP contribution < -0.4 is 0 Å². The molecule has 0 aliphatic carbocycles. The fourth-order valence-electron chi connectivity index (χ4n) is 0.823. The van der Waals surface area contributed by atoms with Gasteiger partial charge in [-0.3, -0.25) is 0 Å². The van der Waals surface area contributed by atoms with Crippen LogP contribution in [0.1, 0.15) is 13.3 Å². The van der Waals surface area contributed by atoms with Gasteiger partial charge in [-0.2, -0.15) is 0 Å². The zero-order valence-electron chi connectivity index (χ0n) is 5.11. The fourth-order valence-corrected chi connectivity index (χ4v) is 1.78. The summed E-state index contributed by atoms with van der Waals surface area (Å²) in [5.74, 6) is 0. The quantitative estimate of drug-likeness (QED) is 0.587. The number of alkyl halides is 1. The minimum Gasteiger partial charge on any atom is -0.380 e. The number of hydrogen-bond acceptors (Lipinski definition) is 1. The van der Waals surface area contributed by atoms with Gasteiger partial charge in [-0.05, 0) is 6.42 Å². The lowest BCUT2D eigenvalue weighted by molar-refractivity contribution is -0.102. The monoisotopic (exact) mass is 178 g/mol. The molecule has 1 fully saturated rings. The summed E-state index contributed by atoms with van der Waals surface area (Å²) in [4.78, 5) is 0. The van der Waals surface area contributed by atoms with E-state index in [4.69, 9.17) is 4.74 Å². The summed E-state index contributed by atoms with van der Waals surface area (Å²) >= 11 is 3.40. The predicted octanol–water partition coefficient (Wildman–Crippen LogP) is 1.81. The van der Waals surface area contributed by atoms with Crippen molar-refractivity contribution in [2.45, 2.75) is 13.3 Å². The van der Waals surface area contributed by atoms with E-state index in [0.29, 0.717) is 5.41 Å². The van der Waals surface area contributed by atoms with E-state index < -0.39 is 0 Å². The Labute approximate surface area is 58.5 Å². The Bertz CT molecular complexity index is 78.6. The van der Waals surface area contributed by atoms with Gasteiger partial charge < -0.3 is 4.74 Å². The highest BCUT2D eigenvalue weighted by atomic mass is 79.9. The minimum atomic E-state index is 0.503. The van der Waals surface area contributed by atoms with E-state index in [-0.39, 0.29) is 0 Å². The van der Waals surface area contributed by atoms with Crippen molar-refractivity contribution in [2.24, 2.45) is 5.41 Å². The molecular weight excluding hydrogens is 168 g/mol. The van der Waals surface area contributed by atoms with Crippen LogP contribution in [-0.4, -0.2) is 18.5 Å². The topological polar surface area (TPSA) is 9.23 Å². The highest BCUT2D eigenvalue weighted by molar-refractivity contribution is 9.09. The second kappa shape index (κ2) is 2.36. The Balaban J connectivity index is 2.20. The molecule has 0 atom stereocenters. The molecule has 0 aromatic rings. The summed E-state index contributed by atoms with van der Waals surface area (Å²) in [6, 6.07) is 0. The third kappa shape index (κ3) is 1.23. The lowest BCUT2D eigenvalue weighted by Crippen LogP contribution is -2.39. The van der Waals surface area contributed by atoms with Crippen LogP contribution in [0.3, 0.4) is 0 Å². The average molecular weight is 179 g/mol. The Kier molecular flexibility index (Phi) is 1.93. The number of ether oxygens (including phenoxy) is 1. The maximum atomic E-state index is 5.07. The standard InChI is InChI=1S/C6H11BrO/c1-6(2-3-7)4-8-5-6/h2-5H2,1H3. The molecule has 48 valence electrons. The van der Waals surface area contributed by atoms with Crippen LogP contribution in [-0.2, 0) is 4.74 Å². The SMILES string of the molecule is CC1(CCBr)COC1. The van der Waals surface area contributed by atoms with Crippen LogP contribution in [0, 0.1) is 5.41 Å². The molecule has 0 bridgehead atoms. The molecule has 1 saturated heterocycles. The van der Waals surface area contributed by atoms with Crippen molar-refractivity contribution in [1.82, 2.24) is 0 Å². The lowest BCUT2D eigenvalue weighted by atomic mass is 9.86. The van der Waals surface area contributed by atoms with E-state index in [0.717, 1.165) is 18.5 Å². The van der Waals surface area contributed by atoms with Crippen LogP contribution in [0.15, 0.2) is 0 Å². The number of rotatable bonds is 2. The molecule has 0 radical (unpaired) electrons. The number of halogens is 1. The van der Waals surface area contributed by atoms with E-state index in [9.17, 15) is 0 Å². The third-order valence-corrected chi connectivity index (χ3v) is 2.00. The second-order valence-electron chi connectivity index (χ2n) is 2.74. The summed E-state index contributed by atoms with van der Waals surface area (Å²) < 4.78 is 5.07. The molecule has 1 aliphatic rings. The molecule has 0 aromatic carbocycles. The lowest BCUT2D eigenvalue weighted by Gasteiger charge is -2.37. The molecular formula is C6H11BrO. The second-order valence-corrected chi connectivity index (χ2v) is 3.54. The maximum Gasteiger partial charge on any atom is 0.0542 e. The average Bonchev–Trinajstić information content (AvgIpc) is 1.64.